The fourth-order valence-corrected chi connectivity index (χ4v) is 3.21. The van der Waals surface area contributed by atoms with Crippen LogP contribution in [0.4, 0.5) is 0 Å². The van der Waals surface area contributed by atoms with Crippen molar-refractivity contribution in [2.45, 2.75) is 31.8 Å². The summed E-state index contributed by atoms with van der Waals surface area (Å²) in [6, 6.07) is 7.20. The standard InChI is InChI=1S/C14H16BrN5O2.ClH/c15-10-5-1-2-6-11(10)20-13(16-17-18-20)9-19-8-4-3-7-12(19)14(21)22;/h1-2,5-6,12H,3-4,7-9H2,(H,21,22);1H. The number of halogens is 2. The number of hydrogen-bond donors (Lipinski definition) is 1. The van der Waals surface area contributed by atoms with Gasteiger partial charge in [0.1, 0.15) is 6.04 Å². The maximum Gasteiger partial charge on any atom is 0.320 e. The summed E-state index contributed by atoms with van der Waals surface area (Å²) in [4.78, 5) is 13.3. The highest BCUT2D eigenvalue weighted by Crippen LogP contribution is 2.23. The van der Waals surface area contributed by atoms with Gasteiger partial charge in [-0.25, -0.2) is 0 Å². The number of carboxylic acid groups (broad SMARTS) is 1. The third kappa shape index (κ3) is 3.88. The van der Waals surface area contributed by atoms with Gasteiger partial charge in [0.2, 0.25) is 0 Å². The van der Waals surface area contributed by atoms with E-state index in [1.807, 2.05) is 29.2 Å². The number of rotatable bonds is 4. The Labute approximate surface area is 148 Å². The predicted molar refractivity (Wildman–Crippen MR) is 89.8 cm³/mol. The van der Waals surface area contributed by atoms with E-state index in [1.54, 1.807) is 4.68 Å². The number of carboxylic acids is 1. The first-order valence-corrected chi connectivity index (χ1v) is 7.95. The lowest BCUT2D eigenvalue weighted by Crippen LogP contribution is -2.44. The molecule has 0 aliphatic carbocycles. The van der Waals surface area contributed by atoms with Crippen molar-refractivity contribution in [1.29, 1.82) is 0 Å². The fraction of sp³-hybridized carbons (Fsp3) is 0.429. The molecule has 1 N–H and O–H groups in total. The molecule has 0 spiro atoms. The lowest BCUT2D eigenvalue weighted by molar-refractivity contribution is -0.144. The highest BCUT2D eigenvalue weighted by atomic mass is 79.9. The van der Waals surface area contributed by atoms with Crippen molar-refractivity contribution >= 4 is 34.3 Å². The second kappa shape index (κ2) is 7.85. The molecule has 7 nitrogen and oxygen atoms in total. The Morgan fingerprint density at radius 3 is 2.87 bits per heavy atom. The number of likely N-dealkylation sites (tertiary alicyclic amines) is 1. The van der Waals surface area contributed by atoms with Crippen LogP contribution in [0.2, 0.25) is 0 Å². The van der Waals surface area contributed by atoms with Gasteiger partial charge < -0.3 is 5.11 Å². The van der Waals surface area contributed by atoms with Crippen molar-refractivity contribution in [3.8, 4) is 5.69 Å². The van der Waals surface area contributed by atoms with Gasteiger partial charge in [-0.15, -0.1) is 17.5 Å². The normalized spacial score (nSPS) is 18.4. The second-order valence-corrected chi connectivity index (χ2v) is 6.13. The molecule has 124 valence electrons. The zero-order valence-corrected chi connectivity index (χ0v) is 14.7. The smallest absolute Gasteiger partial charge is 0.320 e. The van der Waals surface area contributed by atoms with Crippen molar-refractivity contribution in [2.24, 2.45) is 0 Å². The van der Waals surface area contributed by atoms with E-state index in [1.165, 1.54) is 0 Å². The van der Waals surface area contributed by atoms with E-state index in [0.29, 0.717) is 18.8 Å². The van der Waals surface area contributed by atoms with Crippen molar-refractivity contribution in [3.63, 3.8) is 0 Å². The summed E-state index contributed by atoms with van der Waals surface area (Å²) >= 11 is 3.49. The van der Waals surface area contributed by atoms with Crippen LogP contribution in [0.15, 0.2) is 28.7 Å². The first kappa shape index (κ1) is 17.8. The highest BCUT2D eigenvalue weighted by Gasteiger charge is 2.29. The summed E-state index contributed by atoms with van der Waals surface area (Å²) in [5.41, 5.74) is 0.839. The molecule has 1 aromatic heterocycles. The van der Waals surface area contributed by atoms with Gasteiger partial charge in [0, 0.05) is 4.47 Å². The maximum atomic E-state index is 11.4. The number of nitrogens with zero attached hydrogens (tertiary/aromatic N) is 5. The summed E-state index contributed by atoms with van der Waals surface area (Å²) < 4.78 is 2.54. The summed E-state index contributed by atoms with van der Waals surface area (Å²) in [5.74, 6) is -0.139. The van der Waals surface area contributed by atoms with Gasteiger partial charge >= 0.3 is 5.97 Å². The molecule has 0 amide bonds. The molecule has 2 aromatic rings. The molecule has 3 rings (SSSR count). The summed E-state index contributed by atoms with van der Waals surface area (Å²) in [7, 11) is 0. The van der Waals surface area contributed by atoms with E-state index < -0.39 is 12.0 Å². The Morgan fingerprint density at radius 2 is 2.13 bits per heavy atom. The molecule has 0 radical (unpaired) electrons. The van der Waals surface area contributed by atoms with E-state index in [9.17, 15) is 9.90 Å². The Hall–Kier alpha value is -1.51. The molecule has 1 aliphatic rings. The van der Waals surface area contributed by atoms with E-state index in [2.05, 4.69) is 31.5 Å². The molecular formula is C14H17BrClN5O2. The molecule has 9 heteroatoms. The molecule has 0 saturated carbocycles. The SMILES string of the molecule is Cl.O=C(O)C1CCCCN1Cc1nnnn1-c1ccccc1Br. The molecule has 1 fully saturated rings. The van der Waals surface area contributed by atoms with Crippen LogP contribution in [0.1, 0.15) is 25.1 Å². The topological polar surface area (TPSA) is 84.1 Å². The Balaban J connectivity index is 0.00000192. The average Bonchev–Trinajstić information content (AvgIpc) is 2.96. The largest absolute Gasteiger partial charge is 0.480 e. The quantitative estimate of drug-likeness (QED) is 0.844. The first-order chi connectivity index (χ1) is 10.7. The van der Waals surface area contributed by atoms with E-state index in [0.717, 1.165) is 29.5 Å². The Morgan fingerprint density at radius 1 is 1.35 bits per heavy atom. The fourth-order valence-electron chi connectivity index (χ4n) is 2.76. The number of benzene rings is 1. The zero-order chi connectivity index (χ0) is 15.5. The lowest BCUT2D eigenvalue weighted by atomic mass is 10.0. The third-order valence-electron chi connectivity index (χ3n) is 3.86. The van der Waals surface area contributed by atoms with Crippen molar-refractivity contribution in [3.05, 3.63) is 34.6 Å². The molecule has 1 unspecified atom stereocenters. The van der Waals surface area contributed by atoms with Crippen LogP contribution < -0.4 is 0 Å². The van der Waals surface area contributed by atoms with E-state index in [4.69, 9.17) is 0 Å². The van der Waals surface area contributed by atoms with Gasteiger partial charge in [-0.3, -0.25) is 9.69 Å². The third-order valence-corrected chi connectivity index (χ3v) is 4.53. The van der Waals surface area contributed by atoms with Gasteiger partial charge in [0.15, 0.2) is 5.82 Å². The number of para-hydroxylation sites is 1. The van der Waals surface area contributed by atoms with E-state index >= 15 is 0 Å². The predicted octanol–water partition coefficient (Wildman–Crippen LogP) is 2.29. The number of piperidine rings is 1. The molecule has 1 atom stereocenters. The minimum absolute atomic E-state index is 0. The molecule has 1 aliphatic heterocycles. The van der Waals surface area contributed by atoms with Gasteiger partial charge in [-0.2, -0.15) is 4.68 Å². The summed E-state index contributed by atoms with van der Waals surface area (Å²) in [6.07, 6.45) is 2.62. The van der Waals surface area contributed by atoms with Crippen molar-refractivity contribution < 1.29 is 9.90 Å². The number of aliphatic carboxylic acids is 1. The summed E-state index contributed by atoms with van der Waals surface area (Å²) in [6.45, 7) is 1.17. The van der Waals surface area contributed by atoms with Crippen molar-refractivity contribution in [1.82, 2.24) is 25.1 Å². The maximum absolute atomic E-state index is 11.4. The van der Waals surface area contributed by atoms with Crippen LogP contribution in [0, 0.1) is 0 Å². The number of tetrazole rings is 1. The number of carbonyl (C=O) groups is 1. The minimum Gasteiger partial charge on any atom is -0.480 e. The number of hydrogen-bond acceptors (Lipinski definition) is 5. The first-order valence-electron chi connectivity index (χ1n) is 7.16. The molecule has 0 bridgehead atoms. The lowest BCUT2D eigenvalue weighted by Gasteiger charge is -2.32. The van der Waals surface area contributed by atoms with Crippen LogP contribution >= 0.6 is 28.3 Å². The Kier molecular flexibility index (Phi) is 6.09. The van der Waals surface area contributed by atoms with Crippen LogP contribution in [0.25, 0.3) is 5.69 Å². The molecular weight excluding hydrogens is 386 g/mol. The molecule has 23 heavy (non-hydrogen) atoms. The second-order valence-electron chi connectivity index (χ2n) is 5.28. The van der Waals surface area contributed by atoms with Crippen molar-refractivity contribution in [2.75, 3.05) is 6.54 Å². The summed E-state index contributed by atoms with van der Waals surface area (Å²) in [5, 5.41) is 21.2. The number of aromatic nitrogens is 4. The van der Waals surface area contributed by atoms with Crippen LogP contribution in [0.5, 0.6) is 0 Å². The van der Waals surface area contributed by atoms with E-state index in [-0.39, 0.29) is 12.4 Å². The molecule has 2 heterocycles. The molecule has 1 aromatic carbocycles. The highest BCUT2D eigenvalue weighted by molar-refractivity contribution is 9.10. The monoisotopic (exact) mass is 401 g/mol. The zero-order valence-electron chi connectivity index (χ0n) is 12.3. The van der Waals surface area contributed by atoms with Gasteiger partial charge in [-0.1, -0.05) is 18.6 Å². The Bertz CT molecular complexity index is 681. The van der Waals surface area contributed by atoms with Crippen LogP contribution in [-0.2, 0) is 11.3 Å². The minimum atomic E-state index is -0.778. The molecule has 1 saturated heterocycles. The van der Waals surface area contributed by atoms with Gasteiger partial charge in [0.05, 0.1) is 12.2 Å². The van der Waals surface area contributed by atoms with Gasteiger partial charge in [-0.05, 0) is 57.9 Å². The van der Waals surface area contributed by atoms with Crippen LogP contribution in [0.3, 0.4) is 0 Å². The average molecular weight is 403 g/mol. The van der Waals surface area contributed by atoms with Gasteiger partial charge in [0.25, 0.3) is 0 Å². The van der Waals surface area contributed by atoms with Crippen LogP contribution in [-0.4, -0.2) is 48.8 Å².